The minimum atomic E-state index is -0.0177. The average Bonchev–Trinajstić information content (AvgIpc) is 2.53. The topological polar surface area (TPSA) is 42.9 Å². The molecule has 0 atom stereocenters. The molecule has 2 aromatic carbocycles. The Hall–Kier alpha value is -2.81. The van der Waals surface area contributed by atoms with Crippen LogP contribution in [0.1, 0.15) is 21.5 Å². The number of aromatic nitrogens is 2. The van der Waals surface area contributed by atoms with E-state index in [-0.39, 0.29) is 5.78 Å². The molecule has 3 nitrogen and oxygen atoms in total. The molecule has 0 unspecified atom stereocenters. The maximum atomic E-state index is 12.1. The molecule has 0 amide bonds. The summed E-state index contributed by atoms with van der Waals surface area (Å²) in [5.41, 5.74) is 4.33. The van der Waals surface area contributed by atoms with Crippen molar-refractivity contribution in [1.29, 1.82) is 0 Å². The van der Waals surface area contributed by atoms with Crippen LogP contribution >= 0.6 is 0 Å². The summed E-state index contributed by atoms with van der Waals surface area (Å²) >= 11 is 0. The summed E-state index contributed by atoms with van der Waals surface area (Å²) in [6.07, 6.45) is 6.68. The van der Waals surface area contributed by atoms with Crippen LogP contribution in [0.15, 0.2) is 60.9 Å². The molecule has 1 heterocycles. The first kappa shape index (κ1) is 13.2. The largest absolute Gasteiger partial charge is 0.289 e. The van der Waals surface area contributed by atoms with Gasteiger partial charge in [0.25, 0.3) is 0 Å². The summed E-state index contributed by atoms with van der Waals surface area (Å²) in [5, 5.41) is 0. The van der Waals surface area contributed by atoms with Gasteiger partial charge in [-0.1, -0.05) is 42.0 Å². The van der Waals surface area contributed by atoms with E-state index in [2.05, 4.69) is 9.97 Å². The molecule has 0 aliphatic rings. The minimum Gasteiger partial charge on any atom is -0.289 e. The van der Waals surface area contributed by atoms with Crippen LogP contribution in [-0.2, 0) is 0 Å². The number of para-hydroxylation sites is 1. The zero-order chi connectivity index (χ0) is 14.7. The van der Waals surface area contributed by atoms with Gasteiger partial charge in [0.2, 0.25) is 0 Å². The van der Waals surface area contributed by atoms with E-state index in [1.54, 1.807) is 24.5 Å². The molecule has 3 rings (SSSR count). The lowest BCUT2D eigenvalue weighted by Crippen LogP contribution is -1.94. The quantitative estimate of drug-likeness (QED) is 0.538. The van der Waals surface area contributed by atoms with E-state index in [9.17, 15) is 4.79 Å². The van der Waals surface area contributed by atoms with Crippen LogP contribution in [0.2, 0.25) is 0 Å². The normalized spacial score (nSPS) is 11.1. The molecule has 0 N–H and O–H groups in total. The van der Waals surface area contributed by atoms with Crippen LogP contribution < -0.4 is 0 Å². The van der Waals surface area contributed by atoms with Crippen molar-refractivity contribution in [2.45, 2.75) is 6.92 Å². The Morgan fingerprint density at radius 2 is 1.76 bits per heavy atom. The Balaban J connectivity index is 1.91. The van der Waals surface area contributed by atoms with Crippen molar-refractivity contribution in [2.24, 2.45) is 0 Å². The zero-order valence-electron chi connectivity index (χ0n) is 11.7. The van der Waals surface area contributed by atoms with Gasteiger partial charge in [-0.25, -0.2) is 0 Å². The second kappa shape index (κ2) is 5.67. The van der Waals surface area contributed by atoms with Gasteiger partial charge in [-0.2, -0.15) is 0 Å². The summed E-state index contributed by atoms with van der Waals surface area (Å²) < 4.78 is 0. The summed E-state index contributed by atoms with van der Waals surface area (Å²) in [6, 6.07) is 13.3. The maximum absolute atomic E-state index is 12.1. The number of benzene rings is 2. The fourth-order valence-electron chi connectivity index (χ4n) is 2.13. The summed E-state index contributed by atoms with van der Waals surface area (Å²) in [7, 11) is 0. The number of fused-ring (bicyclic) bond motifs is 1. The molecule has 0 fully saturated rings. The second-order valence-electron chi connectivity index (χ2n) is 4.83. The van der Waals surface area contributed by atoms with E-state index in [0.717, 1.165) is 22.2 Å². The van der Waals surface area contributed by atoms with E-state index in [0.29, 0.717) is 5.56 Å². The average molecular weight is 274 g/mol. The highest BCUT2D eigenvalue weighted by molar-refractivity contribution is 6.07. The molecule has 0 radical (unpaired) electrons. The first-order valence-electron chi connectivity index (χ1n) is 6.73. The molecule has 0 bridgehead atoms. The van der Waals surface area contributed by atoms with Crippen molar-refractivity contribution in [3.05, 3.63) is 77.6 Å². The van der Waals surface area contributed by atoms with Gasteiger partial charge in [-0.15, -0.1) is 0 Å². The van der Waals surface area contributed by atoms with Gasteiger partial charge < -0.3 is 0 Å². The number of carbonyl (C=O) groups is 1. The van der Waals surface area contributed by atoms with Crippen LogP contribution in [-0.4, -0.2) is 15.8 Å². The van der Waals surface area contributed by atoms with Gasteiger partial charge in [-0.3, -0.25) is 14.8 Å². The van der Waals surface area contributed by atoms with Crippen LogP contribution in [0.5, 0.6) is 0 Å². The molecular weight excluding hydrogens is 260 g/mol. The first-order chi connectivity index (χ1) is 10.2. The highest BCUT2D eigenvalue weighted by atomic mass is 16.1. The van der Waals surface area contributed by atoms with Crippen LogP contribution in [0.4, 0.5) is 0 Å². The number of hydrogen-bond acceptors (Lipinski definition) is 3. The molecule has 0 spiro atoms. The van der Waals surface area contributed by atoms with Gasteiger partial charge in [0.05, 0.1) is 11.0 Å². The Kier molecular flexibility index (Phi) is 3.56. The van der Waals surface area contributed by atoms with Crippen molar-refractivity contribution in [3.8, 4) is 0 Å². The monoisotopic (exact) mass is 274 g/mol. The van der Waals surface area contributed by atoms with Crippen molar-refractivity contribution >= 4 is 22.9 Å². The number of ketones is 1. The van der Waals surface area contributed by atoms with E-state index < -0.39 is 0 Å². The van der Waals surface area contributed by atoms with Gasteiger partial charge in [0, 0.05) is 23.5 Å². The molecule has 21 heavy (non-hydrogen) atoms. The highest BCUT2D eigenvalue weighted by Crippen LogP contribution is 2.15. The lowest BCUT2D eigenvalue weighted by Gasteiger charge is -2.00. The molecule has 3 aromatic rings. The van der Waals surface area contributed by atoms with Gasteiger partial charge in [0.15, 0.2) is 5.78 Å². The smallest absolute Gasteiger partial charge is 0.185 e. The molecule has 0 saturated heterocycles. The first-order valence-corrected chi connectivity index (χ1v) is 6.73. The Labute approximate surface area is 123 Å². The molecule has 1 aromatic heterocycles. The van der Waals surface area contributed by atoms with Gasteiger partial charge >= 0.3 is 0 Å². The lowest BCUT2D eigenvalue weighted by atomic mass is 10.1. The maximum Gasteiger partial charge on any atom is 0.185 e. The minimum absolute atomic E-state index is 0.0177. The van der Waals surface area contributed by atoms with Crippen LogP contribution in [0.25, 0.3) is 17.1 Å². The Morgan fingerprint density at radius 3 is 2.57 bits per heavy atom. The highest BCUT2D eigenvalue weighted by Gasteiger charge is 2.03. The van der Waals surface area contributed by atoms with E-state index in [1.807, 2.05) is 49.4 Å². The number of nitrogens with zero attached hydrogens (tertiary/aromatic N) is 2. The molecule has 0 aliphatic carbocycles. The third-order valence-corrected chi connectivity index (χ3v) is 3.28. The molecule has 0 saturated carbocycles. The fourth-order valence-corrected chi connectivity index (χ4v) is 2.13. The molecule has 0 aliphatic heterocycles. The van der Waals surface area contributed by atoms with Gasteiger partial charge in [-0.05, 0) is 25.1 Å². The molecule has 3 heteroatoms. The zero-order valence-corrected chi connectivity index (χ0v) is 11.7. The van der Waals surface area contributed by atoms with Crippen molar-refractivity contribution in [1.82, 2.24) is 9.97 Å². The molecular formula is C18H14N2O. The van der Waals surface area contributed by atoms with Crippen LogP contribution in [0.3, 0.4) is 0 Å². The van der Waals surface area contributed by atoms with E-state index in [1.165, 1.54) is 0 Å². The summed E-state index contributed by atoms with van der Waals surface area (Å²) in [4.78, 5) is 20.7. The van der Waals surface area contributed by atoms with Crippen LogP contribution in [0, 0.1) is 6.92 Å². The predicted molar refractivity (Wildman–Crippen MR) is 84.1 cm³/mol. The van der Waals surface area contributed by atoms with E-state index in [4.69, 9.17) is 0 Å². The van der Waals surface area contributed by atoms with Crippen molar-refractivity contribution in [2.75, 3.05) is 0 Å². The third-order valence-electron chi connectivity index (χ3n) is 3.28. The number of hydrogen-bond donors (Lipinski definition) is 0. The molecule has 102 valence electrons. The van der Waals surface area contributed by atoms with E-state index >= 15 is 0 Å². The number of aryl methyl sites for hydroxylation is 1. The lowest BCUT2D eigenvalue weighted by molar-refractivity contribution is 0.104. The summed E-state index contributed by atoms with van der Waals surface area (Å²) in [5.74, 6) is -0.0177. The summed E-state index contributed by atoms with van der Waals surface area (Å²) in [6.45, 7) is 2.00. The number of allylic oxidation sites excluding steroid dienone is 1. The van der Waals surface area contributed by atoms with Crippen molar-refractivity contribution in [3.63, 3.8) is 0 Å². The number of carbonyl (C=O) groups excluding carboxylic acids is 1. The fraction of sp³-hybridized carbons (Fsp3) is 0.0556. The van der Waals surface area contributed by atoms with Crippen molar-refractivity contribution < 1.29 is 4.79 Å². The Morgan fingerprint density at radius 1 is 1.00 bits per heavy atom. The predicted octanol–water partition coefficient (Wildman–Crippen LogP) is 3.83. The number of rotatable bonds is 3. The second-order valence-corrected chi connectivity index (χ2v) is 4.83. The SMILES string of the molecule is Cc1ccc(C(=O)/C=C/c2cccc3nccnc23)cc1. The third kappa shape index (κ3) is 2.87. The Bertz CT molecular complexity index is 815. The van der Waals surface area contributed by atoms with Gasteiger partial charge in [0.1, 0.15) is 0 Å². The standard InChI is InChI=1S/C18H14N2O/c1-13-5-7-14(8-6-13)17(21)10-9-15-3-2-4-16-18(15)20-12-11-19-16/h2-12H,1H3/b10-9+.